The molecule has 1 aromatic rings. The van der Waals surface area contributed by atoms with Crippen molar-refractivity contribution in [2.24, 2.45) is 0 Å². The molecule has 1 aliphatic rings. The Balaban J connectivity index is 2.21. The van der Waals surface area contributed by atoms with Gasteiger partial charge in [-0.2, -0.15) is 13.2 Å². The van der Waals surface area contributed by atoms with Crippen molar-refractivity contribution in [1.29, 1.82) is 0 Å². The van der Waals surface area contributed by atoms with Gasteiger partial charge in [0.05, 0.1) is 18.8 Å². The molecule has 3 nitrogen and oxygen atoms in total. The lowest BCUT2D eigenvalue weighted by Gasteiger charge is -2.26. The van der Waals surface area contributed by atoms with Crippen molar-refractivity contribution >= 4 is 11.6 Å². The Hall–Kier alpha value is -1.01. The lowest BCUT2D eigenvalue weighted by Crippen LogP contribution is -2.38. The first-order valence-corrected chi connectivity index (χ1v) is 4.82. The molecule has 1 fully saturated rings. The van der Waals surface area contributed by atoms with Gasteiger partial charge in [0, 0.05) is 6.07 Å². The maximum Gasteiger partial charge on any atom is 0.416 e. The highest BCUT2D eigenvalue weighted by atomic mass is 35.5. The van der Waals surface area contributed by atoms with Gasteiger partial charge in [0.2, 0.25) is 5.88 Å². The summed E-state index contributed by atoms with van der Waals surface area (Å²) in [7, 11) is 0. The number of halogens is 4. The van der Waals surface area contributed by atoms with Gasteiger partial charge in [-0.3, -0.25) is 0 Å². The largest absolute Gasteiger partial charge is 0.469 e. The Morgan fingerprint density at radius 2 is 2.06 bits per heavy atom. The molecule has 0 radical (unpaired) electrons. The number of aromatic nitrogens is 1. The van der Waals surface area contributed by atoms with Gasteiger partial charge in [-0.15, -0.1) is 0 Å². The fourth-order valence-corrected chi connectivity index (χ4v) is 1.35. The molecule has 0 bridgehead atoms. The van der Waals surface area contributed by atoms with Crippen molar-refractivity contribution in [3.8, 4) is 5.88 Å². The molecule has 1 aromatic heterocycles. The molecular formula is C9H7ClF3NO2. The first-order valence-electron chi connectivity index (χ1n) is 4.44. The van der Waals surface area contributed by atoms with E-state index in [0.717, 1.165) is 12.1 Å². The summed E-state index contributed by atoms with van der Waals surface area (Å²) in [5, 5.41) is -0.245. The minimum Gasteiger partial charge on any atom is -0.469 e. The molecule has 0 amide bonds. The average molecular weight is 254 g/mol. The monoisotopic (exact) mass is 253 g/mol. The van der Waals surface area contributed by atoms with Crippen molar-refractivity contribution < 1.29 is 22.6 Å². The van der Waals surface area contributed by atoms with Crippen LogP contribution in [-0.4, -0.2) is 24.3 Å². The highest BCUT2D eigenvalue weighted by Gasteiger charge is 2.32. The number of hydrogen-bond donors (Lipinski definition) is 0. The molecule has 0 atom stereocenters. The van der Waals surface area contributed by atoms with Crippen LogP contribution in [0.4, 0.5) is 13.2 Å². The van der Waals surface area contributed by atoms with E-state index >= 15 is 0 Å². The van der Waals surface area contributed by atoms with E-state index in [4.69, 9.17) is 21.1 Å². The molecule has 7 heteroatoms. The zero-order valence-corrected chi connectivity index (χ0v) is 8.68. The van der Waals surface area contributed by atoms with E-state index in [9.17, 15) is 13.2 Å². The van der Waals surface area contributed by atoms with Gasteiger partial charge in [0.25, 0.3) is 0 Å². The van der Waals surface area contributed by atoms with Gasteiger partial charge in [-0.05, 0) is 6.07 Å². The van der Waals surface area contributed by atoms with E-state index in [0.29, 0.717) is 13.2 Å². The summed E-state index contributed by atoms with van der Waals surface area (Å²) in [5.74, 6) is -0.131. The smallest absolute Gasteiger partial charge is 0.416 e. The first-order chi connectivity index (χ1) is 7.45. The van der Waals surface area contributed by atoms with Crippen LogP contribution < -0.4 is 4.74 Å². The summed E-state index contributed by atoms with van der Waals surface area (Å²) in [6.07, 6.45) is -4.70. The standard InChI is InChI=1S/C9H7ClF3NO2/c10-7-1-5(9(11,12)13)2-8(14-7)16-6-3-15-4-6/h1-2,6H,3-4H2. The maximum atomic E-state index is 12.4. The fourth-order valence-electron chi connectivity index (χ4n) is 1.15. The number of alkyl halides is 3. The second kappa shape index (κ2) is 4.10. The summed E-state index contributed by atoms with van der Waals surface area (Å²) in [6.45, 7) is 0.713. The SMILES string of the molecule is FC(F)(F)c1cc(Cl)nc(OC2COC2)c1. The van der Waals surface area contributed by atoms with Crippen molar-refractivity contribution in [3.05, 3.63) is 22.8 Å². The molecule has 1 aliphatic heterocycles. The van der Waals surface area contributed by atoms with Crippen LogP contribution in [0.1, 0.15) is 5.56 Å². The Kier molecular flexibility index (Phi) is 2.94. The Bertz CT molecular complexity index is 393. The third-order valence-corrected chi connectivity index (χ3v) is 2.19. The molecule has 0 saturated carbocycles. The highest BCUT2D eigenvalue weighted by molar-refractivity contribution is 6.29. The minimum atomic E-state index is -4.46. The number of ether oxygens (including phenoxy) is 2. The number of nitrogens with zero attached hydrogens (tertiary/aromatic N) is 1. The average Bonchev–Trinajstić information content (AvgIpc) is 2.09. The predicted molar refractivity (Wildman–Crippen MR) is 49.5 cm³/mol. The number of pyridine rings is 1. The molecule has 2 rings (SSSR count). The molecule has 0 unspecified atom stereocenters. The maximum absolute atomic E-state index is 12.4. The fraction of sp³-hybridized carbons (Fsp3) is 0.444. The van der Waals surface area contributed by atoms with Crippen molar-refractivity contribution in [2.45, 2.75) is 12.3 Å². The molecule has 1 saturated heterocycles. The summed E-state index contributed by atoms with van der Waals surface area (Å²) in [6, 6.07) is 1.58. The van der Waals surface area contributed by atoms with Gasteiger partial charge < -0.3 is 9.47 Å². The molecule has 0 N–H and O–H groups in total. The lowest BCUT2D eigenvalue weighted by atomic mass is 10.2. The van der Waals surface area contributed by atoms with Crippen LogP contribution >= 0.6 is 11.6 Å². The Labute approximate surface area is 94.1 Å². The van der Waals surface area contributed by atoms with E-state index in [1.807, 2.05) is 0 Å². The van der Waals surface area contributed by atoms with Crippen LogP contribution in [0, 0.1) is 0 Å². The van der Waals surface area contributed by atoms with Crippen molar-refractivity contribution in [1.82, 2.24) is 4.98 Å². The summed E-state index contributed by atoms with van der Waals surface area (Å²) in [5.41, 5.74) is -0.872. The van der Waals surface area contributed by atoms with Crippen LogP contribution in [0.25, 0.3) is 0 Å². The summed E-state index contributed by atoms with van der Waals surface area (Å²) >= 11 is 5.48. The topological polar surface area (TPSA) is 31.4 Å². The molecule has 0 aromatic carbocycles. The molecule has 2 heterocycles. The Morgan fingerprint density at radius 1 is 1.38 bits per heavy atom. The number of rotatable bonds is 2. The van der Waals surface area contributed by atoms with Crippen molar-refractivity contribution in [3.63, 3.8) is 0 Å². The third-order valence-electron chi connectivity index (χ3n) is 1.99. The van der Waals surface area contributed by atoms with Gasteiger partial charge in [-0.25, -0.2) is 4.98 Å². The van der Waals surface area contributed by atoms with E-state index in [2.05, 4.69) is 4.98 Å². The normalized spacial score (nSPS) is 17.0. The zero-order valence-electron chi connectivity index (χ0n) is 7.92. The quantitative estimate of drug-likeness (QED) is 0.759. The van der Waals surface area contributed by atoms with Crippen LogP contribution in [0.15, 0.2) is 12.1 Å². The molecule has 16 heavy (non-hydrogen) atoms. The second-order valence-electron chi connectivity index (χ2n) is 3.29. The van der Waals surface area contributed by atoms with Gasteiger partial charge >= 0.3 is 6.18 Å². The Morgan fingerprint density at radius 3 is 2.56 bits per heavy atom. The van der Waals surface area contributed by atoms with E-state index in [-0.39, 0.29) is 17.1 Å². The van der Waals surface area contributed by atoms with Crippen LogP contribution in [0.3, 0.4) is 0 Å². The highest BCUT2D eigenvalue weighted by Crippen LogP contribution is 2.32. The van der Waals surface area contributed by atoms with Gasteiger partial charge in [0.1, 0.15) is 11.3 Å². The minimum absolute atomic E-state index is 0.131. The van der Waals surface area contributed by atoms with Crippen molar-refractivity contribution in [2.75, 3.05) is 13.2 Å². The van der Waals surface area contributed by atoms with Crippen LogP contribution in [0.2, 0.25) is 5.15 Å². The van der Waals surface area contributed by atoms with Crippen LogP contribution in [0.5, 0.6) is 5.88 Å². The number of hydrogen-bond acceptors (Lipinski definition) is 3. The molecular weight excluding hydrogens is 247 g/mol. The second-order valence-corrected chi connectivity index (χ2v) is 3.68. The predicted octanol–water partition coefficient (Wildman–Crippen LogP) is 2.53. The van der Waals surface area contributed by atoms with Gasteiger partial charge in [-0.1, -0.05) is 11.6 Å². The zero-order chi connectivity index (χ0) is 11.8. The summed E-state index contributed by atoms with van der Waals surface area (Å²) in [4.78, 5) is 3.66. The van der Waals surface area contributed by atoms with Gasteiger partial charge in [0.15, 0.2) is 0 Å². The van der Waals surface area contributed by atoms with E-state index < -0.39 is 11.7 Å². The molecule has 88 valence electrons. The molecule has 0 aliphatic carbocycles. The van der Waals surface area contributed by atoms with E-state index in [1.54, 1.807) is 0 Å². The third kappa shape index (κ3) is 2.56. The van der Waals surface area contributed by atoms with E-state index in [1.165, 1.54) is 0 Å². The van der Waals surface area contributed by atoms with Crippen LogP contribution in [-0.2, 0) is 10.9 Å². The summed E-state index contributed by atoms with van der Waals surface area (Å²) < 4.78 is 47.2. The molecule has 0 spiro atoms. The first kappa shape index (κ1) is 11.5. The lowest BCUT2D eigenvalue weighted by molar-refractivity contribution is -0.138.